The molecular weight excluding hydrogens is 356 g/mol. The molecule has 0 aromatic rings. The van der Waals surface area contributed by atoms with E-state index < -0.39 is 24.4 Å². The highest BCUT2D eigenvalue weighted by atomic mass is 16.6. The Balaban J connectivity index is 1.86. The molecule has 1 rings (SSSR count). The van der Waals surface area contributed by atoms with E-state index in [1.807, 2.05) is 0 Å². The monoisotopic (exact) mass is 400 g/mol. The lowest BCUT2D eigenvalue weighted by atomic mass is 10.0. The molecule has 0 aromatic carbocycles. The maximum absolute atomic E-state index is 9.88. The first-order valence-electron chi connectivity index (χ1n) is 11.6. The van der Waals surface area contributed by atoms with Gasteiger partial charge in [-0.05, 0) is 25.7 Å². The van der Waals surface area contributed by atoms with Crippen LogP contribution in [0.4, 0.5) is 0 Å². The summed E-state index contributed by atoms with van der Waals surface area (Å²) in [4.78, 5) is 0. The third-order valence-electron chi connectivity index (χ3n) is 5.46. The highest BCUT2D eigenvalue weighted by molar-refractivity contribution is 4.89. The van der Waals surface area contributed by atoms with Crippen LogP contribution in [-0.2, 0) is 9.47 Å². The van der Waals surface area contributed by atoms with E-state index in [-0.39, 0.29) is 13.2 Å². The van der Waals surface area contributed by atoms with Crippen molar-refractivity contribution in [2.75, 3.05) is 19.8 Å². The second-order valence-corrected chi connectivity index (χ2v) is 8.01. The fraction of sp³-hybridized carbons (Fsp3) is 0.913. The van der Waals surface area contributed by atoms with Gasteiger partial charge >= 0.3 is 0 Å². The smallest absolute Gasteiger partial charge is 0.114 e. The summed E-state index contributed by atoms with van der Waals surface area (Å²) in [7, 11) is 0. The van der Waals surface area contributed by atoms with Gasteiger partial charge in [0.2, 0.25) is 0 Å². The molecule has 28 heavy (non-hydrogen) atoms. The molecule has 1 aliphatic rings. The van der Waals surface area contributed by atoms with Gasteiger partial charge in [0.15, 0.2) is 0 Å². The number of aliphatic hydroxyl groups excluding tert-OH is 3. The van der Waals surface area contributed by atoms with Crippen molar-refractivity contribution in [1.29, 1.82) is 0 Å². The lowest BCUT2D eigenvalue weighted by molar-refractivity contribution is -0.0938. The van der Waals surface area contributed by atoms with Gasteiger partial charge in [-0.3, -0.25) is 0 Å². The minimum absolute atomic E-state index is 0.155. The van der Waals surface area contributed by atoms with E-state index in [1.165, 1.54) is 64.2 Å². The topological polar surface area (TPSA) is 79.2 Å². The highest BCUT2D eigenvalue weighted by Crippen LogP contribution is 2.21. The Morgan fingerprint density at radius 2 is 1.50 bits per heavy atom. The summed E-state index contributed by atoms with van der Waals surface area (Å²) in [6.07, 6.45) is 18.1. The van der Waals surface area contributed by atoms with Crippen molar-refractivity contribution in [2.45, 2.75) is 115 Å². The molecule has 1 fully saturated rings. The first kappa shape index (κ1) is 25.6. The molecule has 5 nitrogen and oxygen atoms in total. The van der Waals surface area contributed by atoms with Crippen molar-refractivity contribution < 1.29 is 24.8 Å². The van der Waals surface area contributed by atoms with E-state index in [0.29, 0.717) is 6.61 Å². The van der Waals surface area contributed by atoms with Crippen molar-refractivity contribution in [3.63, 3.8) is 0 Å². The van der Waals surface area contributed by atoms with Crippen molar-refractivity contribution in [2.24, 2.45) is 0 Å². The predicted octanol–water partition coefficient (Wildman–Crippen LogP) is 4.13. The first-order valence-corrected chi connectivity index (χ1v) is 11.6. The molecule has 5 heteroatoms. The third kappa shape index (κ3) is 11.5. The third-order valence-corrected chi connectivity index (χ3v) is 5.46. The van der Waals surface area contributed by atoms with Gasteiger partial charge < -0.3 is 24.8 Å². The van der Waals surface area contributed by atoms with Crippen LogP contribution in [-0.4, -0.2) is 59.6 Å². The zero-order valence-corrected chi connectivity index (χ0v) is 17.9. The number of unbranched alkanes of at least 4 members (excludes halogenated alkanes) is 11. The average molecular weight is 401 g/mol. The van der Waals surface area contributed by atoms with Crippen LogP contribution in [0.1, 0.15) is 90.4 Å². The molecule has 0 saturated carbocycles. The zero-order chi connectivity index (χ0) is 20.5. The number of allylic oxidation sites excluding steroid dienone is 2. The van der Waals surface area contributed by atoms with E-state index in [0.717, 1.165) is 19.3 Å². The molecule has 0 aliphatic carbocycles. The molecule has 0 unspecified atom stereocenters. The van der Waals surface area contributed by atoms with Crippen molar-refractivity contribution >= 4 is 0 Å². The fourth-order valence-electron chi connectivity index (χ4n) is 3.72. The first-order chi connectivity index (χ1) is 13.7. The summed E-state index contributed by atoms with van der Waals surface area (Å²) in [5, 5.41) is 28.6. The Hall–Kier alpha value is -0.460. The van der Waals surface area contributed by atoms with Gasteiger partial charge in [-0.2, -0.15) is 0 Å². The standard InChI is InChI=1S/C23H44O5/c1-2-3-4-5-6-7-8-9-10-11-12-13-14-15-16-17-27-23-21(26)19-28-22(23)20(25)18-24/h3-4,20-26H,2,5-19H2,1H3/b4-3+/t20-,21+,22-,23-/m0/s1. The summed E-state index contributed by atoms with van der Waals surface area (Å²) in [6, 6.07) is 0. The molecule has 1 aliphatic heterocycles. The number of hydrogen-bond donors (Lipinski definition) is 3. The van der Waals surface area contributed by atoms with E-state index >= 15 is 0 Å². The average Bonchev–Trinajstić information content (AvgIpc) is 3.07. The fourth-order valence-corrected chi connectivity index (χ4v) is 3.72. The van der Waals surface area contributed by atoms with Crippen molar-refractivity contribution in [3.8, 4) is 0 Å². The van der Waals surface area contributed by atoms with Gasteiger partial charge in [0.25, 0.3) is 0 Å². The SMILES string of the molecule is CC/C=C/CCCCCCCCCCCCCO[C@@H]1[C@H]([C@@H](O)CO)OC[C@H]1O. The van der Waals surface area contributed by atoms with Crippen LogP contribution in [0.2, 0.25) is 0 Å². The van der Waals surface area contributed by atoms with Crippen LogP contribution in [0.15, 0.2) is 12.2 Å². The van der Waals surface area contributed by atoms with Gasteiger partial charge in [-0.15, -0.1) is 0 Å². The van der Waals surface area contributed by atoms with Gasteiger partial charge in [0, 0.05) is 6.61 Å². The molecule has 0 spiro atoms. The van der Waals surface area contributed by atoms with E-state index in [9.17, 15) is 10.2 Å². The van der Waals surface area contributed by atoms with E-state index in [1.54, 1.807) is 0 Å². The maximum atomic E-state index is 9.88. The molecule has 0 bridgehead atoms. The Morgan fingerprint density at radius 3 is 2.07 bits per heavy atom. The van der Waals surface area contributed by atoms with Crippen LogP contribution < -0.4 is 0 Å². The Labute approximate surface area is 172 Å². The van der Waals surface area contributed by atoms with Gasteiger partial charge in [0.05, 0.1) is 13.2 Å². The quantitative estimate of drug-likeness (QED) is 0.238. The summed E-state index contributed by atoms with van der Waals surface area (Å²) in [5.41, 5.74) is 0. The minimum Gasteiger partial charge on any atom is -0.394 e. The van der Waals surface area contributed by atoms with Gasteiger partial charge in [0.1, 0.15) is 24.4 Å². The van der Waals surface area contributed by atoms with Crippen molar-refractivity contribution in [1.82, 2.24) is 0 Å². The predicted molar refractivity (Wildman–Crippen MR) is 113 cm³/mol. The van der Waals surface area contributed by atoms with Gasteiger partial charge in [-0.25, -0.2) is 0 Å². The molecular formula is C23H44O5. The molecule has 1 saturated heterocycles. The van der Waals surface area contributed by atoms with Crippen LogP contribution in [0.5, 0.6) is 0 Å². The van der Waals surface area contributed by atoms with E-state index in [4.69, 9.17) is 14.6 Å². The van der Waals surface area contributed by atoms with E-state index in [2.05, 4.69) is 19.1 Å². The number of aliphatic hydroxyl groups is 3. The van der Waals surface area contributed by atoms with Gasteiger partial charge in [-0.1, -0.05) is 76.9 Å². The minimum atomic E-state index is -1.000. The van der Waals surface area contributed by atoms with Crippen LogP contribution in [0, 0.1) is 0 Å². The van der Waals surface area contributed by atoms with Crippen LogP contribution >= 0.6 is 0 Å². The highest BCUT2D eigenvalue weighted by Gasteiger charge is 2.40. The number of rotatable bonds is 18. The summed E-state index contributed by atoms with van der Waals surface area (Å²) in [6.45, 7) is 2.52. The van der Waals surface area contributed by atoms with Crippen molar-refractivity contribution in [3.05, 3.63) is 12.2 Å². The maximum Gasteiger partial charge on any atom is 0.114 e. The molecule has 0 aromatic heterocycles. The normalized spacial score (nSPS) is 23.6. The largest absolute Gasteiger partial charge is 0.394 e. The number of ether oxygens (including phenoxy) is 2. The molecule has 4 atom stereocenters. The molecule has 0 amide bonds. The lowest BCUT2D eigenvalue weighted by Crippen LogP contribution is -2.42. The Bertz CT molecular complexity index is 374. The Kier molecular flexibility index (Phi) is 15.9. The summed E-state index contributed by atoms with van der Waals surface area (Å²) in [5.74, 6) is 0. The zero-order valence-electron chi connectivity index (χ0n) is 17.9. The summed E-state index contributed by atoms with van der Waals surface area (Å²) >= 11 is 0. The second kappa shape index (κ2) is 17.4. The molecule has 3 N–H and O–H groups in total. The lowest BCUT2D eigenvalue weighted by Gasteiger charge is -2.23. The summed E-state index contributed by atoms with van der Waals surface area (Å²) < 4.78 is 11.0. The van der Waals surface area contributed by atoms with Crippen LogP contribution in [0.25, 0.3) is 0 Å². The molecule has 166 valence electrons. The number of hydrogen-bond acceptors (Lipinski definition) is 5. The second-order valence-electron chi connectivity index (χ2n) is 8.01. The molecule has 0 radical (unpaired) electrons. The molecule has 1 heterocycles. The Morgan fingerprint density at radius 1 is 0.929 bits per heavy atom. The van der Waals surface area contributed by atoms with Crippen LogP contribution in [0.3, 0.4) is 0 Å².